The molecule has 1 aromatic carbocycles. The molecule has 1 N–H and O–H groups in total. The van der Waals surface area contributed by atoms with Gasteiger partial charge in [0.05, 0.1) is 21.3 Å². The summed E-state index contributed by atoms with van der Waals surface area (Å²) in [6.07, 6.45) is 1.82. The van der Waals surface area contributed by atoms with Gasteiger partial charge in [-0.2, -0.15) is 0 Å². The summed E-state index contributed by atoms with van der Waals surface area (Å²) in [5, 5.41) is 9.72. The summed E-state index contributed by atoms with van der Waals surface area (Å²) in [7, 11) is 0. The van der Waals surface area contributed by atoms with Gasteiger partial charge in [0.2, 0.25) is 5.78 Å². The highest BCUT2D eigenvalue weighted by Crippen LogP contribution is 2.35. The van der Waals surface area contributed by atoms with Crippen molar-refractivity contribution in [3.05, 3.63) is 67.9 Å². The first-order valence-electron chi connectivity index (χ1n) is 6.39. The van der Waals surface area contributed by atoms with Crippen molar-refractivity contribution in [1.29, 1.82) is 0 Å². The number of ketones is 1. The van der Waals surface area contributed by atoms with Crippen molar-refractivity contribution in [2.75, 3.05) is 0 Å². The second kappa shape index (κ2) is 5.61. The number of aromatic nitrogens is 1. The molecule has 2 heterocycles. The molecular formula is C16H10BrCl2NO2. The predicted octanol–water partition coefficient (Wildman–Crippen LogP) is 5.25. The van der Waals surface area contributed by atoms with E-state index in [-0.39, 0.29) is 21.6 Å². The first kappa shape index (κ1) is 15.4. The minimum absolute atomic E-state index is 0.0495. The highest BCUT2D eigenvalue weighted by Gasteiger charge is 2.22. The zero-order valence-corrected chi connectivity index (χ0v) is 14.5. The number of phenolic OH excluding ortho intramolecular Hbond substituents is 1. The van der Waals surface area contributed by atoms with Crippen LogP contribution in [-0.4, -0.2) is 15.3 Å². The second-order valence-electron chi connectivity index (χ2n) is 4.86. The van der Waals surface area contributed by atoms with Gasteiger partial charge in [-0.3, -0.25) is 4.79 Å². The van der Waals surface area contributed by atoms with Crippen LogP contribution in [0.25, 0.3) is 5.52 Å². The Morgan fingerprint density at radius 2 is 1.86 bits per heavy atom. The van der Waals surface area contributed by atoms with Gasteiger partial charge in [-0.15, -0.1) is 0 Å². The summed E-state index contributed by atoms with van der Waals surface area (Å²) >= 11 is 15.3. The normalized spacial score (nSPS) is 11.1. The molecule has 0 radical (unpaired) electrons. The van der Waals surface area contributed by atoms with Gasteiger partial charge in [0.15, 0.2) is 5.75 Å². The Morgan fingerprint density at radius 1 is 1.23 bits per heavy atom. The maximum atomic E-state index is 12.9. The Hall–Kier alpha value is -1.49. The minimum Gasteiger partial charge on any atom is -0.505 e. The number of phenols is 1. The van der Waals surface area contributed by atoms with Crippen molar-refractivity contribution in [2.24, 2.45) is 0 Å². The van der Waals surface area contributed by atoms with Gasteiger partial charge in [0.1, 0.15) is 0 Å². The molecule has 3 aromatic rings. The smallest absolute Gasteiger partial charge is 0.210 e. The van der Waals surface area contributed by atoms with E-state index in [4.69, 9.17) is 23.2 Å². The van der Waals surface area contributed by atoms with E-state index in [1.54, 1.807) is 0 Å². The molecule has 0 aliphatic carbocycles. The van der Waals surface area contributed by atoms with Crippen molar-refractivity contribution in [3.8, 4) is 5.75 Å². The molecule has 0 unspecified atom stereocenters. The van der Waals surface area contributed by atoms with Crippen LogP contribution in [0, 0.1) is 6.92 Å². The number of halogens is 3. The highest BCUT2D eigenvalue weighted by molar-refractivity contribution is 9.10. The van der Waals surface area contributed by atoms with E-state index in [2.05, 4.69) is 15.9 Å². The molecule has 0 saturated heterocycles. The van der Waals surface area contributed by atoms with Crippen molar-refractivity contribution in [1.82, 2.24) is 4.40 Å². The van der Waals surface area contributed by atoms with E-state index < -0.39 is 0 Å². The molecule has 0 aliphatic heterocycles. The zero-order chi connectivity index (χ0) is 16.0. The Bertz CT molecular complexity index is 895. The highest BCUT2D eigenvalue weighted by atomic mass is 79.9. The van der Waals surface area contributed by atoms with Crippen LogP contribution in [0.4, 0.5) is 0 Å². The van der Waals surface area contributed by atoms with Gasteiger partial charge in [-0.25, -0.2) is 0 Å². The number of nitrogens with zero attached hydrogens (tertiary/aromatic N) is 1. The Kier molecular flexibility index (Phi) is 3.93. The molecule has 0 spiro atoms. The van der Waals surface area contributed by atoms with Crippen LogP contribution in [0.5, 0.6) is 5.75 Å². The largest absolute Gasteiger partial charge is 0.505 e. The van der Waals surface area contributed by atoms with Crippen LogP contribution in [0.3, 0.4) is 0 Å². The third-order valence-electron chi connectivity index (χ3n) is 3.50. The zero-order valence-electron chi connectivity index (χ0n) is 11.4. The van der Waals surface area contributed by atoms with Crippen molar-refractivity contribution >= 4 is 50.4 Å². The fourth-order valence-corrected chi connectivity index (χ4v) is 3.40. The Balaban J connectivity index is 2.24. The quantitative estimate of drug-likeness (QED) is 0.598. The summed E-state index contributed by atoms with van der Waals surface area (Å²) in [6.45, 7) is 1.87. The van der Waals surface area contributed by atoms with E-state index >= 15 is 0 Å². The fraction of sp³-hybridized carbons (Fsp3) is 0.0625. The number of rotatable bonds is 2. The Morgan fingerprint density at radius 3 is 2.50 bits per heavy atom. The number of hydrogen-bond acceptors (Lipinski definition) is 2. The average Bonchev–Trinajstić information content (AvgIpc) is 2.76. The van der Waals surface area contributed by atoms with Crippen LogP contribution >= 0.6 is 39.1 Å². The van der Waals surface area contributed by atoms with E-state index in [0.717, 1.165) is 15.6 Å². The number of aromatic hydroxyl groups is 1. The van der Waals surface area contributed by atoms with Gasteiger partial charge in [-0.05, 0) is 52.7 Å². The van der Waals surface area contributed by atoms with Crippen LogP contribution in [-0.2, 0) is 0 Å². The van der Waals surface area contributed by atoms with Crippen LogP contribution in [0.15, 0.2) is 41.0 Å². The van der Waals surface area contributed by atoms with Crippen LogP contribution in [0.1, 0.15) is 21.6 Å². The van der Waals surface area contributed by atoms with E-state index in [1.165, 1.54) is 12.1 Å². The van der Waals surface area contributed by atoms with E-state index in [0.29, 0.717) is 11.3 Å². The van der Waals surface area contributed by atoms with Crippen LogP contribution in [0.2, 0.25) is 10.0 Å². The molecule has 0 amide bonds. The lowest BCUT2D eigenvalue weighted by Crippen LogP contribution is -2.07. The standard InChI is InChI=1S/C16H10BrCl2NO2/c1-8-13(17)12-4-2-3-5-20(12)14(8)15(21)9-6-10(18)16(22)11(19)7-9/h2-7,22H,1H3. The van der Waals surface area contributed by atoms with E-state index in [1.807, 2.05) is 35.7 Å². The lowest BCUT2D eigenvalue weighted by molar-refractivity contribution is 0.103. The summed E-state index contributed by atoms with van der Waals surface area (Å²) in [5.74, 6) is -0.439. The molecule has 0 aliphatic rings. The van der Waals surface area contributed by atoms with E-state index in [9.17, 15) is 9.90 Å². The number of benzene rings is 1. The first-order chi connectivity index (χ1) is 10.4. The van der Waals surface area contributed by atoms with Crippen LogP contribution < -0.4 is 0 Å². The van der Waals surface area contributed by atoms with Gasteiger partial charge in [0.25, 0.3) is 0 Å². The summed E-state index contributed by atoms with van der Waals surface area (Å²) in [5.41, 5.74) is 2.59. The molecule has 0 atom stereocenters. The molecule has 0 fully saturated rings. The SMILES string of the molecule is Cc1c(Br)c2ccccn2c1C(=O)c1cc(Cl)c(O)c(Cl)c1. The summed E-state index contributed by atoms with van der Waals surface area (Å²) < 4.78 is 2.68. The lowest BCUT2D eigenvalue weighted by Gasteiger charge is -2.07. The van der Waals surface area contributed by atoms with Gasteiger partial charge >= 0.3 is 0 Å². The molecule has 2 aromatic heterocycles. The number of fused-ring (bicyclic) bond motifs is 1. The molecular weight excluding hydrogens is 389 g/mol. The molecule has 6 heteroatoms. The second-order valence-corrected chi connectivity index (χ2v) is 6.47. The maximum absolute atomic E-state index is 12.9. The van der Waals surface area contributed by atoms with Crippen molar-refractivity contribution < 1.29 is 9.90 Å². The summed E-state index contributed by atoms with van der Waals surface area (Å²) in [4.78, 5) is 12.9. The molecule has 22 heavy (non-hydrogen) atoms. The van der Waals surface area contributed by atoms with Crippen molar-refractivity contribution in [3.63, 3.8) is 0 Å². The fourth-order valence-electron chi connectivity index (χ4n) is 2.41. The molecule has 112 valence electrons. The molecule has 0 bridgehead atoms. The first-order valence-corrected chi connectivity index (χ1v) is 7.94. The summed E-state index contributed by atoms with van der Waals surface area (Å²) in [6, 6.07) is 8.51. The Labute approximate surface area is 145 Å². The number of pyridine rings is 1. The van der Waals surface area contributed by atoms with Crippen molar-refractivity contribution in [2.45, 2.75) is 6.92 Å². The molecule has 0 saturated carbocycles. The van der Waals surface area contributed by atoms with Gasteiger partial charge in [-0.1, -0.05) is 29.3 Å². The molecule has 3 rings (SSSR count). The van der Waals surface area contributed by atoms with Gasteiger partial charge in [0, 0.05) is 16.2 Å². The average molecular weight is 399 g/mol. The molecule has 3 nitrogen and oxygen atoms in total. The number of carbonyl (C=O) groups excluding carboxylic acids is 1. The lowest BCUT2D eigenvalue weighted by atomic mass is 10.1. The number of hydrogen-bond donors (Lipinski definition) is 1. The predicted molar refractivity (Wildman–Crippen MR) is 91.4 cm³/mol. The topological polar surface area (TPSA) is 41.7 Å². The third kappa shape index (κ3) is 2.32. The van der Waals surface area contributed by atoms with Gasteiger partial charge < -0.3 is 9.51 Å². The maximum Gasteiger partial charge on any atom is 0.210 e. The number of carbonyl (C=O) groups is 1. The minimum atomic E-state index is -0.224. The third-order valence-corrected chi connectivity index (χ3v) is 5.08. The monoisotopic (exact) mass is 397 g/mol.